The Morgan fingerprint density at radius 1 is 0.383 bits per heavy atom. The first-order valence-electron chi connectivity index (χ1n) is 22.7. The minimum atomic E-state index is -0.436. The predicted molar refractivity (Wildman–Crippen MR) is 247 cm³/mol. The van der Waals surface area contributed by atoms with Crippen LogP contribution in [0.3, 0.4) is 0 Å². The molecule has 322 valence electrons. The lowest BCUT2D eigenvalue weighted by Gasteiger charge is -2.08. The fourth-order valence-electron chi connectivity index (χ4n) is 6.70. The van der Waals surface area contributed by atoms with E-state index >= 15 is 0 Å². The minimum Gasteiger partial charge on any atom is -0.494 e. The van der Waals surface area contributed by atoms with Crippen molar-refractivity contribution < 1.29 is 28.5 Å². The summed E-state index contributed by atoms with van der Waals surface area (Å²) >= 11 is 0. The van der Waals surface area contributed by atoms with Crippen LogP contribution in [0.4, 0.5) is 11.4 Å². The molecular formula is C52H68N2O6. The number of esters is 2. The maximum absolute atomic E-state index is 12.7. The summed E-state index contributed by atoms with van der Waals surface area (Å²) in [5.74, 6) is 1.49. The Morgan fingerprint density at radius 2 is 0.667 bits per heavy atom. The van der Waals surface area contributed by atoms with Gasteiger partial charge in [-0.05, 0) is 110 Å². The number of rotatable bonds is 31. The number of aliphatic imine (C=N–C) groups is 2. The fraction of sp³-hybridized carbons (Fsp3) is 0.462. The van der Waals surface area contributed by atoms with E-state index in [2.05, 4.69) is 23.8 Å². The summed E-state index contributed by atoms with van der Waals surface area (Å²) in [7, 11) is 0. The first-order chi connectivity index (χ1) is 29.5. The van der Waals surface area contributed by atoms with E-state index in [4.69, 9.17) is 18.9 Å². The Bertz CT molecular complexity index is 1670. The highest BCUT2D eigenvalue weighted by Gasteiger charge is 2.10. The lowest BCUT2D eigenvalue weighted by molar-refractivity contribution is 0.0725. The number of hydrogen-bond donors (Lipinski definition) is 0. The van der Waals surface area contributed by atoms with Crippen molar-refractivity contribution in [3.63, 3.8) is 0 Å². The standard InChI is InChI=1S/C52H68N2O6/c1-3-5-7-9-11-13-15-17-19-21-41-57-47-31-23-43(24-32-47)51(55)59-49-35-27-45(28-36-49)53-39-40-54-46-29-37-50(38-30-46)60-52(56)44-25-33-48(34-26-44)58-42-22-20-18-16-14-12-10-8-6-4-2/h23-40H,3-22,41-42H2,1-2H3. The molecule has 0 unspecified atom stereocenters. The summed E-state index contributed by atoms with van der Waals surface area (Å²) in [5.41, 5.74) is 2.27. The first kappa shape index (κ1) is 47.4. The molecule has 4 rings (SSSR count). The van der Waals surface area contributed by atoms with Crippen molar-refractivity contribution in [1.29, 1.82) is 0 Å². The zero-order valence-electron chi connectivity index (χ0n) is 36.3. The molecule has 0 aliphatic rings. The number of hydrogen-bond acceptors (Lipinski definition) is 8. The largest absolute Gasteiger partial charge is 0.494 e. The average molecular weight is 817 g/mol. The highest BCUT2D eigenvalue weighted by Crippen LogP contribution is 2.22. The molecular weight excluding hydrogens is 749 g/mol. The number of carbonyl (C=O) groups is 2. The molecule has 0 saturated heterocycles. The van der Waals surface area contributed by atoms with Gasteiger partial charge in [0.15, 0.2) is 0 Å². The highest BCUT2D eigenvalue weighted by atomic mass is 16.5. The van der Waals surface area contributed by atoms with Gasteiger partial charge in [-0.3, -0.25) is 9.98 Å². The topological polar surface area (TPSA) is 95.8 Å². The third-order valence-electron chi connectivity index (χ3n) is 10.3. The molecule has 0 radical (unpaired) electrons. The number of nitrogens with zero attached hydrogens (tertiary/aromatic N) is 2. The van der Waals surface area contributed by atoms with Gasteiger partial charge in [0.05, 0.1) is 35.7 Å². The molecule has 0 saturated carbocycles. The van der Waals surface area contributed by atoms with Crippen molar-refractivity contribution in [3.05, 3.63) is 108 Å². The van der Waals surface area contributed by atoms with Crippen molar-refractivity contribution >= 4 is 35.7 Å². The van der Waals surface area contributed by atoms with Crippen LogP contribution in [-0.4, -0.2) is 37.6 Å². The third kappa shape index (κ3) is 20.1. The van der Waals surface area contributed by atoms with Crippen molar-refractivity contribution in [1.82, 2.24) is 0 Å². The Kier molecular flexibility index (Phi) is 23.6. The van der Waals surface area contributed by atoms with Crippen LogP contribution in [0, 0.1) is 0 Å². The number of ether oxygens (including phenoxy) is 4. The molecule has 4 aromatic carbocycles. The molecule has 0 atom stereocenters. The lowest BCUT2D eigenvalue weighted by atomic mass is 10.1. The van der Waals surface area contributed by atoms with Gasteiger partial charge in [0.25, 0.3) is 0 Å². The first-order valence-corrected chi connectivity index (χ1v) is 22.7. The molecule has 0 bridgehead atoms. The van der Waals surface area contributed by atoms with E-state index in [1.165, 1.54) is 116 Å². The second kappa shape index (κ2) is 29.9. The van der Waals surface area contributed by atoms with E-state index in [1.807, 2.05) is 24.3 Å². The van der Waals surface area contributed by atoms with Gasteiger partial charge >= 0.3 is 11.9 Å². The van der Waals surface area contributed by atoms with Crippen molar-refractivity contribution in [2.75, 3.05) is 13.2 Å². The van der Waals surface area contributed by atoms with Gasteiger partial charge in [-0.15, -0.1) is 0 Å². The molecule has 0 heterocycles. The summed E-state index contributed by atoms with van der Waals surface area (Å²) in [6.07, 6.45) is 28.9. The normalized spacial score (nSPS) is 11.3. The van der Waals surface area contributed by atoms with Crippen LogP contribution in [0.15, 0.2) is 107 Å². The van der Waals surface area contributed by atoms with E-state index in [0.29, 0.717) is 47.2 Å². The SMILES string of the molecule is CCCCCCCCCCCCOc1ccc(C(=O)Oc2ccc(N=CC=Nc3ccc(OC(=O)c4ccc(OCCCCCCCCCCCC)cc4)cc3)cc2)cc1. The van der Waals surface area contributed by atoms with E-state index in [0.717, 1.165) is 24.3 Å². The average Bonchev–Trinajstić information content (AvgIpc) is 3.27. The summed E-state index contributed by atoms with van der Waals surface area (Å²) in [5, 5.41) is 0. The molecule has 0 aromatic heterocycles. The Hall–Kier alpha value is -5.24. The van der Waals surface area contributed by atoms with E-state index in [9.17, 15) is 9.59 Å². The molecule has 0 amide bonds. The van der Waals surface area contributed by atoms with Crippen LogP contribution in [-0.2, 0) is 0 Å². The van der Waals surface area contributed by atoms with Crippen molar-refractivity contribution in [2.24, 2.45) is 9.98 Å². The Labute approximate surface area is 359 Å². The van der Waals surface area contributed by atoms with Gasteiger partial charge in [0.2, 0.25) is 0 Å². The summed E-state index contributed by atoms with van der Waals surface area (Å²) in [6, 6.07) is 28.0. The zero-order chi connectivity index (χ0) is 42.3. The summed E-state index contributed by atoms with van der Waals surface area (Å²) < 4.78 is 22.9. The Morgan fingerprint density at radius 3 is 0.983 bits per heavy atom. The monoisotopic (exact) mass is 817 g/mol. The molecule has 0 spiro atoms. The highest BCUT2D eigenvalue weighted by molar-refractivity contribution is 6.17. The van der Waals surface area contributed by atoms with Crippen LogP contribution < -0.4 is 18.9 Å². The van der Waals surface area contributed by atoms with Gasteiger partial charge in [-0.1, -0.05) is 129 Å². The summed E-state index contributed by atoms with van der Waals surface area (Å²) in [6.45, 7) is 5.87. The second-order valence-electron chi connectivity index (χ2n) is 15.4. The van der Waals surface area contributed by atoms with Crippen LogP contribution >= 0.6 is 0 Å². The number of carbonyl (C=O) groups excluding carboxylic acids is 2. The van der Waals surface area contributed by atoms with Crippen molar-refractivity contribution in [3.8, 4) is 23.0 Å². The smallest absolute Gasteiger partial charge is 0.343 e. The second-order valence-corrected chi connectivity index (χ2v) is 15.4. The van der Waals surface area contributed by atoms with E-state index < -0.39 is 11.9 Å². The van der Waals surface area contributed by atoms with Crippen LogP contribution in [0.5, 0.6) is 23.0 Å². The molecule has 0 aliphatic carbocycles. The molecule has 8 heteroatoms. The van der Waals surface area contributed by atoms with Gasteiger partial charge in [0, 0.05) is 12.4 Å². The van der Waals surface area contributed by atoms with Gasteiger partial charge in [-0.25, -0.2) is 9.59 Å². The molecule has 0 N–H and O–H groups in total. The van der Waals surface area contributed by atoms with Gasteiger partial charge in [0.1, 0.15) is 23.0 Å². The third-order valence-corrected chi connectivity index (χ3v) is 10.3. The quantitative estimate of drug-likeness (QED) is 0.0217. The van der Waals surface area contributed by atoms with Gasteiger partial charge in [-0.2, -0.15) is 0 Å². The van der Waals surface area contributed by atoms with Crippen LogP contribution in [0.2, 0.25) is 0 Å². The molecule has 60 heavy (non-hydrogen) atoms. The fourth-order valence-corrected chi connectivity index (χ4v) is 6.70. The lowest BCUT2D eigenvalue weighted by Crippen LogP contribution is -2.08. The Balaban J connectivity index is 1.07. The van der Waals surface area contributed by atoms with Gasteiger partial charge < -0.3 is 18.9 Å². The van der Waals surface area contributed by atoms with Crippen LogP contribution in [0.25, 0.3) is 0 Å². The number of unbranched alkanes of at least 4 members (excludes halogenated alkanes) is 18. The molecule has 0 fully saturated rings. The van der Waals surface area contributed by atoms with E-state index in [-0.39, 0.29) is 0 Å². The molecule has 4 aromatic rings. The van der Waals surface area contributed by atoms with Crippen molar-refractivity contribution in [2.45, 2.75) is 142 Å². The molecule has 0 aliphatic heterocycles. The zero-order valence-corrected chi connectivity index (χ0v) is 36.3. The molecule has 8 nitrogen and oxygen atoms in total. The number of benzene rings is 4. The maximum atomic E-state index is 12.7. The minimum absolute atomic E-state index is 0.426. The maximum Gasteiger partial charge on any atom is 0.343 e. The predicted octanol–water partition coefficient (Wildman–Crippen LogP) is 14.8. The summed E-state index contributed by atoms with van der Waals surface area (Å²) in [4.78, 5) is 34.2. The van der Waals surface area contributed by atoms with Crippen LogP contribution in [0.1, 0.15) is 163 Å². The van der Waals surface area contributed by atoms with E-state index in [1.54, 1.807) is 85.2 Å².